The van der Waals surface area contributed by atoms with Gasteiger partial charge in [-0.15, -0.1) is 0 Å². The first-order valence-electron chi connectivity index (χ1n) is 13.4. The molecule has 0 heterocycles. The first kappa shape index (κ1) is 26.0. The molecular weight excluding hydrogens is 448 g/mol. The summed E-state index contributed by atoms with van der Waals surface area (Å²) in [6.07, 6.45) is 5.22. The maximum absolute atomic E-state index is 13.8. The number of hydrogen-bond donors (Lipinski definition) is 0. The van der Waals surface area contributed by atoms with Crippen LogP contribution in [0.5, 0.6) is 0 Å². The van der Waals surface area contributed by atoms with Crippen LogP contribution in [0.3, 0.4) is 0 Å². The van der Waals surface area contributed by atoms with Crippen LogP contribution in [-0.2, 0) is 33.4 Å². The molecule has 4 aliphatic rings. The van der Waals surface area contributed by atoms with Gasteiger partial charge in [0.05, 0.1) is 6.61 Å². The Balaban J connectivity index is 1.44. The highest BCUT2D eigenvalue weighted by molar-refractivity contribution is 5.93. The molecular formula is C28H40O7. The molecule has 0 spiro atoms. The minimum atomic E-state index is -0.558. The largest absolute Gasteiger partial charge is 0.463 e. The highest BCUT2D eigenvalue weighted by atomic mass is 16.6. The average molecular weight is 489 g/mol. The van der Waals surface area contributed by atoms with E-state index >= 15 is 0 Å². The molecule has 0 aromatic carbocycles. The minimum Gasteiger partial charge on any atom is -0.463 e. The van der Waals surface area contributed by atoms with E-state index in [0.717, 1.165) is 19.3 Å². The van der Waals surface area contributed by atoms with Crippen molar-refractivity contribution in [3.8, 4) is 0 Å². The molecule has 8 atom stereocenters. The Hall–Kier alpha value is -2.05. The molecule has 0 aliphatic heterocycles. The van der Waals surface area contributed by atoms with Gasteiger partial charge in [-0.1, -0.05) is 20.8 Å². The fourth-order valence-electron chi connectivity index (χ4n) is 8.35. The van der Waals surface area contributed by atoms with Crippen molar-refractivity contribution in [2.45, 2.75) is 85.5 Å². The zero-order valence-corrected chi connectivity index (χ0v) is 21.6. The minimum absolute atomic E-state index is 0.0411. The highest BCUT2D eigenvalue weighted by Gasteiger charge is 2.66. The van der Waals surface area contributed by atoms with Crippen LogP contribution in [0.15, 0.2) is 0 Å². The standard InChI is InChI=1S/C28H40O7/c1-5-34-25(33)15-35-24(32)9-6-16(2)19-7-8-20-26-21(14-23(31)28(19,20)4)27(3)11-10-18(29)12-17(27)13-22(26)30/h16-17,19-21,26H,5-15H2,1-4H3/t16-,17?,19-,20+,21+,26+,27+,28-/m1/s1. The Morgan fingerprint density at radius 3 is 2.46 bits per heavy atom. The molecule has 4 aliphatic carbocycles. The number of Topliss-reactive ketones (excluding diaryl/α,β-unsaturated/α-hetero) is 3. The summed E-state index contributed by atoms with van der Waals surface area (Å²) in [5.41, 5.74) is -0.672. The van der Waals surface area contributed by atoms with Crippen molar-refractivity contribution in [2.24, 2.45) is 46.3 Å². The lowest BCUT2D eigenvalue weighted by Gasteiger charge is -2.58. The maximum Gasteiger partial charge on any atom is 0.344 e. The van der Waals surface area contributed by atoms with Gasteiger partial charge < -0.3 is 9.47 Å². The van der Waals surface area contributed by atoms with Crippen LogP contribution < -0.4 is 0 Å². The molecule has 0 amide bonds. The van der Waals surface area contributed by atoms with Crippen molar-refractivity contribution in [3.05, 3.63) is 0 Å². The SMILES string of the molecule is CCOC(=O)COC(=O)CC[C@@H](C)[C@H]1CC[C@H]2[C@@H]3C(=O)CC4CC(=O)CC[C@]4(C)[C@H]3CC(=O)[C@]12C. The summed E-state index contributed by atoms with van der Waals surface area (Å²) in [7, 11) is 0. The van der Waals surface area contributed by atoms with Gasteiger partial charge in [0.25, 0.3) is 0 Å². The van der Waals surface area contributed by atoms with Gasteiger partial charge >= 0.3 is 11.9 Å². The summed E-state index contributed by atoms with van der Waals surface area (Å²) < 4.78 is 9.81. The van der Waals surface area contributed by atoms with Crippen LogP contribution in [-0.4, -0.2) is 42.5 Å². The number of fused-ring (bicyclic) bond motifs is 5. The summed E-state index contributed by atoms with van der Waals surface area (Å²) in [6.45, 7) is 7.94. The van der Waals surface area contributed by atoms with Crippen molar-refractivity contribution >= 4 is 29.3 Å². The molecule has 1 unspecified atom stereocenters. The molecule has 4 rings (SSSR count). The molecule has 4 saturated carbocycles. The van der Waals surface area contributed by atoms with E-state index in [4.69, 9.17) is 9.47 Å². The third-order valence-electron chi connectivity index (χ3n) is 10.4. The van der Waals surface area contributed by atoms with Crippen LogP contribution in [0, 0.1) is 46.3 Å². The second kappa shape index (κ2) is 9.78. The average Bonchev–Trinajstić information content (AvgIpc) is 3.16. The molecule has 0 aromatic rings. The number of carbonyl (C=O) groups excluding carboxylic acids is 5. The Bertz CT molecular complexity index is 909. The van der Waals surface area contributed by atoms with Crippen molar-refractivity contribution in [1.29, 1.82) is 0 Å². The third kappa shape index (κ3) is 4.48. The third-order valence-corrected chi connectivity index (χ3v) is 10.4. The lowest BCUT2D eigenvalue weighted by Crippen LogP contribution is -2.60. The van der Waals surface area contributed by atoms with Crippen molar-refractivity contribution in [2.75, 3.05) is 13.2 Å². The maximum atomic E-state index is 13.8. The van der Waals surface area contributed by atoms with E-state index in [1.54, 1.807) is 6.92 Å². The van der Waals surface area contributed by atoms with E-state index in [0.29, 0.717) is 32.1 Å². The van der Waals surface area contributed by atoms with E-state index in [1.807, 2.05) is 0 Å². The molecule has 0 saturated heterocycles. The fraction of sp³-hybridized carbons (Fsp3) is 0.821. The summed E-state index contributed by atoms with van der Waals surface area (Å²) in [5.74, 6) is 0.0674. The topological polar surface area (TPSA) is 104 Å². The number of hydrogen-bond acceptors (Lipinski definition) is 7. The fourth-order valence-corrected chi connectivity index (χ4v) is 8.35. The van der Waals surface area contributed by atoms with Gasteiger partial charge in [-0.25, -0.2) is 4.79 Å². The quantitative estimate of drug-likeness (QED) is 0.497. The Morgan fingerprint density at radius 2 is 1.74 bits per heavy atom. The van der Waals surface area contributed by atoms with Gasteiger partial charge in [0.1, 0.15) is 17.3 Å². The van der Waals surface area contributed by atoms with Crippen LogP contribution in [0.2, 0.25) is 0 Å². The Morgan fingerprint density at radius 1 is 1.00 bits per heavy atom. The predicted molar refractivity (Wildman–Crippen MR) is 127 cm³/mol. The van der Waals surface area contributed by atoms with E-state index in [1.165, 1.54) is 0 Å². The highest BCUT2D eigenvalue weighted by Crippen LogP contribution is 2.66. The van der Waals surface area contributed by atoms with Crippen molar-refractivity contribution in [3.63, 3.8) is 0 Å². The lowest BCUT2D eigenvalue weighted by molar-refractivity contribution is -0.166. The number of ether oxygens (including phenoxy) is 2. The molecule has 7 nitrogen and oxygen atoms in total. The molecule has 194 valence electrons. The summed E-state index contributed by atoms with van der Waals surface area (Å²) in [5, 5.41) is 0. The second-order valence-corrected chi connectivity index (χ2v) is 11.9. The zero-order chi connectivity index (χ0) is 25.5. The first-order valence-corrected chi connectivity index (χ1v) is 13.4. The monoisotopic (exact) mass is 488 g/mol. The molecule has 35 heavy (non-hydrogen) atoms. The lowest BCUT2D eigenvalue weighted by atomic mass is 9.44. The molecule has 0 radical (unpaired) electrons. The molecule has 0 aromatic heterocycles. The van der Waals surface area contributed by atoms with Crippen LogP contribution in [0.1, 0.15) is 85.5 Å². The molecule has 0 N–H and O–H groups in total. The molecule has 4 fully saturated rings. The van der Waals surface area contributed by atoms with E-state index in [2.05, 4.69) is 20.8 Å². The van der Waals surface area contributed by atoms with Gasteiger partial charge in [0, 0.05) is 43.4 Å². The first-order chi connectivity index (χ1) is 16.5. The Labute approximate surface area is 208 Å². The van der Waals surface area contributed by atoms with Gasteiger partial charge in [0.2, 0.25) is 0 Å². The molecule has 0 bridgehead atoms. The van der Waals surface area contributed by atoms with E-state index < -0.39 is 17.4 Å². The van der Waals surface area contributed by atoms with E-state index in [9.17, 15) is 24.0 Å². The summed E-state index contributed by atoms with van der Waals surface area (Å²) in [6, 6.07) is 0. The summed E-state index contributed by atoms with van der Waals surface area (Å²) in [4.78, 5) is 63.0. The van der Waals surface area contributed by atoms with E-state index in [-0.39, 0.29) is 77.9 Å². The van der Waals surface area contributed by atoms with Crippen LogP contribution in [0.25, 0.3) is 0 Å². The van der Waals surface area contributed by atoms with Gasteiger partial charge in [-0.3, -0.25) is 19.2 Å². The number of ketones is 3. The Kier molecular flexibility index (Phi) is 7.27. The van der Waals surface area contributed by atoms with Gasteiger partial charge in [-0.05, 0) is 67.6 Å². The van der Waals surface area contributed by atoms with Gasteiger partial charge in [0.15, 0.2) is 6.61 Å². The number of rotatable bonds is 7. The number of esters is 2. The smallest absolute Gasteiger partial charge is 0.344 e. The number of carbonyl (C=O) groups is 5. The summed E-state index contributed by atoms with van der Waals surface area (Å²) >= 11 is 0. The predicted octanol–water partition coefficient (Wildman–Crippen LogP) is 4.10. The van der Waals surface area contributed by atoms with Gasteiger partial charge in [-0.2, -0.15) is 0 Å². The second-order valence-electron chi connectivity index (χ2n) is 11.9. The van der Waals surface area contributed by atoms with Crippen LogP contribution >= 0.6 is 0 Å². The normalized spacial score (nSPS) is 39.3. The zero-order valence-electron chi connectivity index (χ0n) is 21.6. The molecule has 7 heteroatoms. The van der Waals surface area contributed by atoms with Crippen LogP contribution in [0.4, 0.5) is 0 Å². The van der Waals surface area contributed by atoms with Crippen molar-refractivity contribution < 1.29 is 33.4 Å². The van der Waals surface area contributed by atoms with Crippen molar-refractivity contribution in [1.82, 2.24) is 0 Å².